The molecule has 0 fully saturated rings. The van der Waals surface area contributed by atoms with Crippen molar-refractivity contribution in [2.75, 3.05) is 5.75 Å². The van der Waals surface area contributed by atoms with E-state index in [9.17, 15) is 8.42 Å². The van der Waals surface area contributed by atoms with E-state index in [-0.39, 0.29) is 10.6 Å². The molecule has 1 atom stereocenters. The lowest BCUT2D eigenvalue weighted by molar-refractivity contribution is 0.317. The number of rotatable bonds is 5. The third kappa shape index (κ3) is 3.02. The topological polar surface area (TPSA) is 115 Å². The highest BCUT2D eigenvalue weighted by atomic mass is 32.2. The average Bonchev–Trinajstić information content (AvgIpc) is 2.91. The average molecular weight is 295 g/mol. The van der Waals surface area contributed by atoms with Crippen LogP contribution in [0.1, 0.15) is 25.7 Å². The SMILES string of the molecule is CC(C)(CS(=O)(=O)c1ccccc1)C(N)c1nn[nH]n1. The summed E-state index contributed by atoms with van der Waals surface area (Å²) in [5.41, 5.74) is 5.33. The van der Waals surface area contributed by atoms with E-state index in [4.69, 9.17) is 5.73 Å². The monoisotopic (exact) mass is 295 g/mol. The number of sulfone groups is 1. The zero-order valence-electron chi connectivity index (χ0n) is 11.3. The van der Waals surface area contributed by atoms with Crippen LogP contribution in [-0.4, -0.2) is 34.8 Å². The van der Waals surface area contributed by atoms with Crippen LogP contribution in [0.5, 0.6) is 0 Å². The Balaban J connectivity index is 2.24. The lowest BCUT2D eigenvalue weighted by Gasteiger charge is -2.29. The number of benzene rings is 1. The van der Waals surface area contributed by atoms with E-state index < -0.39 is 21.3 Å². The number of aromatic nitrogens is 4. The minimum absolute atomic E-state index is 0.0975. The van der Waals surface area contributed by atoms with Crippen molar-refractivity contribution in [3.05, 3.63) is 36.2 Å². The number of hydrogen-bond donors (Lipinski definition) is 2. The van der Waals surface area contributed by atoms with Crippen molar-refractivity contribution in [3.8, 4) is 0 Å². The third-order valence-electron chi connectivity index (χ3n) is 3.15. The van der Waals surface area contributed by atoms with Crippen LogP contribution < -0.4 is 5.73 Å². The molecule has 8 heteroatoms. The number of tetrazole rings is 1. The highest BCUT2D eigenvalue weighted by molar-refractivity contribution is 7.91. The number of hydrogen-bond acceptors (Lipinski definition) is 6. The molecule has 1 aromatic heterocycles. The van der Waals surface area contributed by atoms with Crippen molar-refractivity contribution in [2.45, 2.75) is 24.8 Å². The van der Waals surface area contributed by atoms with Gasteiger partial charge in [0.15, 0.2) is 15.7 Å². The summed E-state index contributed by atoms with van der Waals surface area (Å²) in [5.74, 6) is 0.206. The molecule has 7 nitrogen and oxygen atoms in total. The lowest BCUT2D eigenvalue weighted by atomic mass is 9.87. The first-order valence-electron chi connectivity index (χ1n) is 6.10. The maximum Gasteiger partial charge on any atom is 0.191 e. The molecular weight excluding hydrogens is 278 g/mol. The van der Waals surface area contributed by atoms with Crippen molar-refractivity contribution in [3.63, 3.8) is 0 Å². The van der Waals surface area contributed by atoms with Gasteiger partial charge in [0.05, 0.1) is 16.7 Å². The van der Waals surface area contributed by atoms with Crippen LogP contribution in [0.15, 0.2) is 35.2 Å². The lowest BCUT2D eigenvalue weighted by Crippen LogP contribution is -2.36. The van der Waals surface area contributed by atoms with Gasteiger partial charge in [0.1, 0.15) is 0 Å². The molecule has 0 saturated carbocycles. The molecule has 2 aromatic rings. The van der Waals surface area contributed by atoms with E-state index in [0.717, 1.165) is 0 Å². The Labute approximate surface area is 117 Å². The molecule has 0 radical (unpaired) electrons. The molecule has 0 saturated heterocycles. The molecule has 2 rings (SSSR count). The van der Waals surface area contributed by atoms with Crippen LogP contribution >= 0.6 is 0 Å². The molecule has 0 aliphatic rings. The summed E-state index contributed by atoms with van der Waals surface area (Å²) in [6.07, 6.45) is 0. The summed E-state index contributed by atoms with van der Waals surface area (Å²) in [5, 5.41) is 13.4. The fourth-order valence-electron chi connectivity index (χ4n) is 1.94. The highest BCUT2D eigenvalue weighted by Crippen LogP contribution is 2.32. The van der Waals surface area contributed by atoms with Crippen LogP contribution in [-0.2, 0) is 9.84 Å². The number of H-pyrrole nitrogens is 1. The zero-order valence-corrected chi connectivity index (χ0v) is 12.1. The number of nitrogens with zero attached hydrogens (tertiary/aromatic N) is 3. The Kier molecular flexibility index (Phi) is 3.87. The molecule has 0 bridgehead atoms. The van der Waals surface area contributed by atoms with Gasteiger partial charge >= 0.3 is 0 Å². The predicted octanol–water partition coefficient (Wildman–Crippen LogP) is 0.700. The Hall–Kier alpha value is -1.80. The van der Waals surface area contributed by atoms with Crippen LogP contribution in [0.2, 0.25) is 0 Å². The molecule has 108 valence electrons. The van der Waals surface area contributed by atoms with Crippen molar-refractivity contribution in [1.82, 2.24) is 20.6 Å². The first-order valence-corrected chi connectivity index (χ1v) is 7.75. The normalized spacial score (nSPS) is 14.2. The maximum atomic E-state index is 12.4. The van der Waals surface area contributed by atoms with E-state index in [1.165, 1.54) is 0 Å². The summed E-state index contributed by atoms with van der Waals surface area (Å²) >= 11 is 0. The van der Waals surface area contributed by atoms with Gasteiger partial charge in [-0.15, -0.1) is 10.2 Å². The maximum absolute atomic E-state index is 12.4. The van der Waals surface area contributed by atoms with Gasteiger partial charge < -0.3 is 5.73 Å². The van der Waals surface area contributed by atoms with Gasteiger partial charge in [0.25, 0.3) is 0 Å². The molecule has 0 spiro atoms. The van der Waals surface area contributed by atoms with Crippen molar-refractivity contribution >= 4 is 9.84 Å². The Bertz CT molecular complexity index is 652. The molecule has 0 amide bonds. The minimum atomic E-state index is -3.42. The summed E-state index contributed by atoms with van der Waals surface area (Å²) in [6, 6.07) is 7.68. The quantitative estimate of drug-likeness (QED) is 0.839. The van der Waals surface area contributed by atoms with Crippen molar-refractivity contribution in [1.29, 1.82) is 0 Å². The molecular formula is C12H17N5O2S. The van der Waals surface area contributed by atoms with E-state index in [1.807, 2.05) is 0 Å². The molecule has 1 aromatic carbocycles. The Morgan fingerprint density at radius 2 is 1.95 bits per heavy atom. The van der Waals surface area contributed by atoms with Gasteiger partial charge in [-0.05, 0) is 12.1 Å². The summed E-state index contributed by atoms with van der Waals surface area (Å²) in [6.45, 7) is 3.54. The van der Waals surface area contributed by atoms with E-state index in [1.54, 1.807) is 44.2 Å². The molecule has 1 unspecified atom stereocenters. The molecule has 1 heterocycles. The van der Waals surface area contributed by atoms with Gasteiger partial charge in [0.2, 0.25) is 0 Å². The van der Waals surface area contributed by atoms with Crippen LogP contribution in [0, 0.1) is 5.41 Å². The van der Waals surface area contributed by atoms with E-state index >= 15 is 0 Å². The van der Waals surface area contributed by atoms with Crippen LogP contribution in [0.4, 0.5) is 0 Å². The predicted molar refractivity (Wildman–Crippen MR) is 73.4 cm³/mol. The number of nitrogens with two attached hydrogens (primary N) is 1. The molecule has 20 heavy (non-hydrogen) atoms. The van der Waals surface area contributed by atoms with E-state index in [0.29, 0.717) is 5.82 Å². The van der Waals surface area contributed by atoms with Crippen molar-refractivity contribution < 1.29 is 8.42 Å². The van der Waals surface area contributed by atoms with Gasteiger partial charge in [-0.2, -0.15) is 5.21 Å². The molecule has 0 aliphatic carbocycles. The summed E-state index contributed by atoms with van der Waals surface area (Å²) in [7, 11) is -3.42. The van der Waals surface area contributed by atoms with Gasteiger partial charge in [0, 0.05) is 5.41 Å². The second-order valence-electron chi connectivity index (χ2n) is 5.31. The first kappa shape index (κ1) is 14.6. The standard InChI is InChI=1S/C12H17N5O2S/c1-12(2,10(13)11-14-16-17-15-11)8-20(18,19)9-6-4-3-5-7-9/h3-7,10H,8,13H2,1-2H3,(H,14,15,16,17). The minimum Gasteiger partial charge on any atom is -0.321 e. The number of aromatic amines is 1. The molecule has 0 aliphatic heterocycles. The highest BCUT2D eigenvalue weighted by Gasteiger charge is 2.36. The van der Waals surface area contributed by atoms with E-state index in [2.05, 4.69) is 20.6 Å². The fourth-order valence-corrected chi connectivity index (χ4v) is 3.84. The Morgan fingerprint density at radius 1 is 1.30 bits per heavy atom. The van der Waals surface area contributed by atoms with Gasteiger partial charge in [-0.1, -0.05) is 37.3 Å². The second-order valence-corrected chi connectivity index (χ2v) is 7.30. The smallest absolute Gasteiger partial charge is 0.191 e. The van der Waals surface area contributed by atoms with Crippen LogP contribution in [0.3, 0.4) is 0 Å². The third-order valence-corrected chi connectivity index (χ3v) is 5.26. The van der Waals surface area contributed by atoms with Crippen LogP contribution in [0.25, 0.3) is 0 Å². The fraction of sp³-hybridized carbons (Fsp3) is 0.417. The van der Waals surface area contributed by atoms with Gasteiger partial charge in [-0.25, -0.2) is 8.42 Å². The number of nitrogens with one attached hydrogen (secondary N) is 1. The zero-order chi connectivity index (χ0) is 14.8. The summed E-state index contributed by atoms with van der Waals surface area (Å²) < 4.78 is 24.8. The summed E-state index contributed by atoms with van der Waals surface area (Å²) in [4.78, 5) is 0.286. The second kappa shape index (κ2) is 5.29. The largest absolute Gasteiger partial charge is 0.321 e. The first-order chi connectivity index (χ1) is 9.33. The molecule has 3 N–H and O–H groups in total. The Morgan fingerprint density at radius 3 is 2.50 bits per heavy atom. The van der Waals surface area contributed by atoms with Gasteiger partial charge in [-0.3, -0.25) is 0 Å². The van der Waals surface area contributed by atoms with Crippen molar-refractivity contribution in [2.24, 2.45) is 11.1 Å².